The van der Waals surface area contributed by atoms with Gasteiger partial charge in [0.05, 0.1) is 11.6 Å². The largest absolute Gasteiger partial charge is 0.349 e. The molecule has 2 N–H and O–H groups in total. The van der Waals surface area contributed by atoms with Crippen LogP contribution in [0.5, 0.6) is 0 Å². The van der Waals surface area contributed by atoms with E-state index in [4.69, 9.17) is 12.2 Å². The van der Waals surface area contributed by atoms with Crippen LogP contribution in [0.2, 0.25) is 0 Å². The van der Waals surface area contributed by atoms with Crippen LogP contribution in [0, 0.1) is 16.6 Å². The number of rotatable bonds is 5. The van der Waals surface area contributed by atoms with Gasteiger partial charge in [-0.2, -0.15) is 0 Å². The van der Waals surface area contributed by atoms with Crippen molar-refractivity contribution in [1.82, 2.24) is 14.9 Å². The zero-order valence-electron chi connectivity index (χ0n) is 16.4. The fourth-order valence-electron chi connectivity index (χ4n) is 4.16. The number of thiophene rings is 1. The number of aromatic amines is 1. The number of nitrogens with zero attached hydrogens (tertiary/aromatic N) is 1. The molecule has 1 aromatic carbocycles. The van der Waals surface area contributed by atoms with Crippen LogP contribution in [0.1, 0.15) is 44.2 Å². The van der Waals surface area contributed by atoms with Crippen molar-refractivity contribution in [3.63, 3.8) is 0 Å². The summed E-state index contributed by atoms with van der Waals surface area (Å²) in [6.07, 6.45) is 3.57. The molecule has 1 aliphatic rings. The highest BCUT2D eigenvalue weighted by Crippen LogP contribution is 2.30. The molecule has 1 amide bonds. The Kier molecular flexibility index (Phi) is 5.96. The summed E-state index contributed by atoms with van der Waals surface area (Å²) in [5, 5.41) is 5.06. The lowest BCUT2D eigenvalue weighted by molar-refractivity contribution is -0.126. The smallest absolute Gasteiger partial charge is 0.272 e. The van der Waals surface area contributed by atoms with Gasteiger partial charge < -0.3 is 10.3 Å². The summed E-state index contributed by atoms with van der Waals surface area (Å²) >= 11 is 6.85. The average molecular weight is 428 g/mol. The van der Waals surface area contributed by atoms with E-state index in [0.29, 0.717) is 17.2 Å². The Balaban J connectivity index is 1.36. The zero-order chi connectivity index (χ0) is 20.4. The minimum absolute atomic E-state index is 0.00435. The molecule has 7 heteroatoms. The third-order valence-corrected chi connectivity index (χ3v) is 7.13. The number of fused-ring (bicyclic) bond motifs is 1. The molecule has 2 aromatic heterocycles. The van der Waals surface area contributed by atoms with E-state index in [1.807, 2.05) is 48.7 Å². The summed E-state index contributed by atoms with van der Waals surface area (Å²) in [5.74, 6) is 0.550. The molecule has 1 unspecified atom stereocenters. The standard InChI is InChI=1S/C22H25N3O2S2/c1-14(16-5-3-2-4-6-16)23-20(26)17-9-7-15(8-10-17)13-25-21(27)19-18(11-12-29-19)24-22(25)28/h2-6,11-12,14-15,17H,7-10,13H2,1H3,(H,23,26)(H,24,28). The van der Waals surface area contributed by atoms with Crippen LogP contribution in [0.15, 0.2) is 46.6 Å². The van der Waals surface area contributed by atoms with Crippen LogP contribution in [-0.4, -0.2) is 15.5 Å². The molecule has 1 saturated carbocycles. The average Bonchev–Trinajstić information content (AvgIpc) is 3.20. The number of carbonyl (C=O) groups is 1. The second-order valence-corrected chi connectivity index (χ2v) is 9.17. The highest BCUT2D eigenvalue weighted by molar-refractivity contribution is 7.71. The minimum Gasteiger partial charge on any atom is -0.349 e. The van der Waals surface area contributed by atoms with Crippen molar-refractivity contribution >= 4 is 39.7 Å². The normalized spacial score (nSPS) is 20.4. The summed E-state index contributed by atoms with van der Waals surface area (Å²) < 4.78 is 2.90. The first-order chi connectivity index (χ1) is 14.0. The highest BCUT2D eigenvalue weighted by Gasteiger charge is 2.27. The number of hydrogen-bond donors (Lipinski definition) is 2. The number of nitrogens with one attached hydrogen (secondary N) is 2. The van der Waals surface area contributed by atoms with E-state index in [2.05, 4.69) is 10.3 Å². The number of hydrogen-bond acceptors (Lipinski definition) is 4. The maximum absolute atomic E-state index is 12.7. The van der Waals surface area contributed by atoms with Gasteiger partial charge in [0.1, 0.15) is 4.70 Å². The summed E-state index contributed by atoms with van der Waals surface area (Å²) in [6.45, 7) is 2.64. The van der Waals surface area contributed by atoms with E-state index >= 15 is 0 Å². The molecule has 1 aliphatic carbocycles. The third kappa shape index (κ3) is 4.36. The summed E-state index contributed by atoms with van der Waals surface area (Å²) in [7, 11) is 0. The van der Waals surface area contributed by atoms with Gasteiger partial charge >= 0.3 is 0 Å². The molecular formula is C22H25N3O2S2. The highest BCUT2D eigenvalue weighted by atomic mass is 32.1. The molecule has 1 atom stereocenters. The van der Waals surface area contributed by atoms with E-state index in [1.165, 1.54) is 11.3 Å². The van der Waals surface area contributed by atoms with Crippen LogP contribution in [0.4, 0.5) is 0 Å². The predicted molar refractivity (Wildman–Crippen MR) is 120 cm³/mol. The van der Waals surface area contributed by atoms with Gasteiger partial charge in [-0.15, -0.1) is 11.3 Å². The second kappa shape index (κ2) is 8.63. The summed E-state index contributed by atoms with van der Waals surface area (Å²) in [5.41, 5.74) is 1.93. The Bertz CT molecular complexity index is 1110. The molecule has 5 nitrogen and oxygen atoms in total. The molecule has 2 heterocycles. The van der Waals surface area contributed by atoms with Gasteiger partial charge in [0, 0.05) is 12.5 Å². The van der Waals surface area contributed by atoms with Crippen molar-refractivity contribution in [2.24, 2.45) is 11.8 Å². The van der Waals surface area contributed by atoms with Gasteiger partial charge in [0.2, 0.25) is 5.91 Å². The molecule has 0 saturated heterocycles. The van der Waals surface area contributed by atoms with Gasteiger partial charge in [0.25, 0.3) is 5.56 Å². The van der Waals surface area contributed by atoms with E-state index in [9.17, 15) is 9.59 Å². The van der Waals surface area contributed by atoms with Crippen molar-refractivity contribution in [3.8, 4) is 0 Å². The predicted octanol–water partition coefficient (Wildman–Crippen LogP) is 4.80. The lowest BCUT2D eigenvalue weighted by atomic mass is 9.81. The number of aromatic nitrogens is 2. The number of H-pyrrole nitrogens is 1. The molecule has 1 fully saturated rings. The van der Waals surface area contributed by atoms with Gasteiger partial charge in [0.15, 0.2) is 4.77 Å². The molecule has 29 heavy (non-hydrogen) atoms. The molecule has 4 rings (SSSR count). The molecular weight excluding hydrogens is 402 g/mol. The fraction of sp³-hybridized carbons (Fsp3) is 0.409. The maximum Gasteiger partial charge on any atom is 0.272 e. The van der Waals surface area contributed by atoms with Gasteiger partial charge in [-0.25, -0.2) is 0 Å². The van der Waals surface area contributed by atoms with E-state index in [-0.39, 0.29) is 23.4 Å². The maximum atomic E-state index is 12.7. The van der Waals surface area contributed by atoms with Gasteiger partial charge in [-0.05, 0) is 67.8 Å². The van der Waals surface area contributed by atoms with E-state index < -0.39 is 0 Å². The Morgan fingerprint density at radius 2 is 1.97 bits per heavy atom. The number of amides is 1. The van der Waals surface area contributed by atoms with Crippen LogP contribution in [0.3, 0.4) is 0 Å². The SMILES string of the molecule is CC(NC(=O)C1CCC(Cn2c(=S)[nH]c3ccsc3c2=O)CC1)c1ccccc1. The van der Waals surface area contributed by atoms with Crippen molar-refractivity contribution in [2.45, 2.75) is 45.2 Å². The summed E-state index contributed by atoms with van der Waals surface area (Å²) in [4.78, 5) is 28.6. The third-order valence-electron chi connectivity index (χ3n) is 5.91. The minimum atomic E-state index is -0.00435. The van der Waals surface area contributed by atoms with Crippen molar-refractivity contribution in [2.75, 3.05) is 0 Å². The molecule has 0 radical (unpaired) electrons. The topological polar surface area (TPSA) is 66.9 Å². The van der Waals surface area contributed by atoms with E-state index in [1.54, 1.807) is 4.57 Å². The Morgan fingerprint density at radius 3 is 2.69 bits per heavy atom. The molecule has 3 aromatic rings. The first kappa shape index (κ1) is 20.0. The quantitative estimate of drug-likeness (QED) is 0.575. The van der Waals surface area contributed by atoms with Crippen LogP contribution in [-0.2, 0) is 11.3 Å². The van der Waals surface area contributed by atoms with Crippen LogP contribution >= 0.6 is 23.6 Å². The van der Waals surface area contributed by atoms with Crippen molar-refractivity contribution in [3.05, 3.63) is 62.5 Å². The fourth-order valence-corrected chi connectivity index (χ4v) is 5.22. The second-order valence-electron chi connectivity index (χ2n) is 7.87. The van der Waals surface area contributed by atoms with Crippen LogP contribution in [0.25, 0.3) is 10.2 Å². The molecule has 152 valence electrons. The number of carbonyl (C=O) groups excluding carboxylic acids is 1. The number of benzene rings is 1. The van der Waals surface area contributed by atoms with E-state index in [0.717, 1.165) is 41.5 Å². The Hall–Kier alpha value is -2.25. The first-order valence-electron chi connectivity index (χ1n) is 10.1. The lowest BCUT2D eigenvalue weighted by Crippen LogP contribution is -2.36. The van der Waals surface area contributed by atoms with Crippen molar-refractivity contribution < 1.29 is 4.79 Å². The van der Waals surface area contributed by atoms with Gasteiger partial charge in [-0.3, -0.25) is 14.2 Å². The van der Waals surface area contributed by atoms with Crippen molar-refractivity contribution in [1.29, 1.82) is 0 Å². The molecule has 0 bridgehead atoms. The van der Waals surface area contributed by atoms with Crippen LogP contribution < -0.4 is 10.9 Å². The lowest BCUT2D eigenvalue weighted by Gasteiger charge is -2.29. The van der Waals surface area contributed by atoms with Gasteiger partial charge in [-0.1, -0.05) is 30.3 Å². The Morgan fingerprint density at radius 1 is 1.24 bits per heavy atom. The monoisotopic (exact) mass is 427 g/mol. The molecule has 0 aliphatic heterocycles. The zero-order valence-corrected chi connectivity index (χ0v) is 18.0. The summed E-state index contributed by atoms with van der Waals surface area (Å²) in [6, 6.07) is 11.9. The first-order valence-corrected chi connectivity index (χ1v) is 11.4. The Labute approximate surface area is 178 Å². The molecule has 0 spiro atoms.